The molecule has 0 saturated carbocycles. The summed E-state index contributed by atoms with van der Waals surface area (Å²) in [6, 6.07) is 0. The van der Waals surface area contributed by atoms with Crippen molar-refractivity contribution < 1.29 is 49.5 Å². The number of hydrogen-bond acceptors (Lipinski definition) is 7. The first-order valence-corrected chi connectivity index (χ1v) is 6.24. The molecular weight excluding hydrogens is 334 g/mol. The zero-order chi connectivity index (χ0) is 19.3. The fraction of sp³-hybridized carbons (Fsp3) is 0.545. The second kappa shape index (κ2) is 12.6. The molecule has 7 N–H and O–H groups in total. The maximum absolute atomic E-state index is 10.6. The molecule has 138 valence electrons. The highest BCUT2D eigenvalue weighted by molar-refractivity contribution is 5.73. The van der Waals surface area contributed by atoms with Crippen molar-refractivity contribution in [1.29, 1.82) is 0 Å². The summed E-state index contributed by atoms with van der Waals surface area (Å²) in [6.07, 6.45) is -1.33. The first-order chi connectivity index (χ1) is 10.9. The highest BCUT2D eigenvalue weighted by atomic mass is 16.4. The number of carboxylic acids is 4. The Labute approximate surface area is 135 Å². The van der Waals surface area contributed by atoms with E-state index in [9.17, 15) is 19.2 Å². The van der Waals surface area contributed by atoms with Crippen molar-refractivity contribution >= 4 is 30.0 Å². The number of carbonyl (C=O) groups is 5. The first-order valence-electron chi connectivity index (χ1n) is 6.24. The summed E-state index contributed by atoms with van der Waals surface area (Å²) in [5.74, 6) is -4.91. The average molecular weight is 353 g/mol. The van der Waals surface area contributed by atoms with Gasteiger partial charge in [-0.15, -0.1) is 0 Å². The lowest BCUT2D eigenvalue weighted by molar-refractivity contribution is -0.145. The molecule has 0 atom stereocenters. The molecule has 0 spiro atoms. The van der Waals surface area contributed by atoms with Crippen molar-refractivity contribution in [3.63, 3.8) is 0 Å². The molecule has 0 heterocycles. The summed E-state index contributed by atoms with van der Waals surface area (Å²) in [6.45, 7) is -2.25. The molecule has 13 nitrogen and oxygen atoms in total. The van der Waals surface area contributed by atoms with E-state index in [2.05, 4.69) is 5.73 Å². The van der Waals surface area contributed by atoms with Crippen LogP contribution in [0.25, 0.3) is 0 Å². The van der Waals surface area contributed by atoms with Gasteiger partial charge in [0.15, 0.2) is 0 Å². The number of primary amides is 1. The van der Waals surface area contributed by atoms with Crippen LogP contribution in [0.4, 0.5) is 4.79 Å². The van der Waals surface area contributed by atoms with E-state index in [1.807, 2.05) is 0 Å². The average Bonchev–Trinajstić information content (AvgIpc) is 2.32. The Kier molecular flexibility index (Phi) is 12.3. The van der Waals surface area contributed by atoms with Crippen molar-refractivity contribution in [2.45, 2.75) is 0 Å². The number of amides is 1. The third-order valence-electron chi connectivity index (χ3n) is 2.17. The predicted molar refractivity (Wildman–Crippen MR) is 75.6 cm³/mol. The Hall–Kier alpha value is -2.93. The van der Waals surface area contributed by atoms with Crippen LogP contribution in [-0.4, -0.2) is 105 Å². The standard InChI is InChI=1S/C10H16N2O8.CH3NO2/c13-7(14)3-11(4-8(15)16)1-2-12(5-9(17)18)6-10(19)20;2-1(3)4/h1-6H2,(H,13,14)(H,15,16)(H,17,18)(H,19,20);2H2,(H,3,4). The minimum absolute atomic E-state index is 0.0703. The van der Waals surface area contributed by atoms with Crippen LogP contribution in [0, 0.1) is 0 Å². The summed E-state index contributed by atoms with van der Waals surface area (Å²) < 4.78 is 0. The SMILES string of the molecule is NC(=O)O.O=C(O)CN(CCN(CC(=O)O)CC(=O)O)CC(=O)O. The maximum Gasteiger partial charge on any atom is 0.402 e. The number of rotatable bonds is 11. The van der Waals surface area contributed by atoms with Crippen LogP contribution in [0.5, 0.6) is 0 Å². The molecule has 0 aliphatic heterocycles. The molecule has 1 amide bonds. The summed E-state index contributed by atoms with van der Waals surface area (Å²) in [5.41, 5.74) is 4.03. The van der Waals surface area contributed by atoms with Gasteiger partial charge in [0.25, 0.3) is 0 Å². The number of nitrogens with two attached hydrogens (primary N) is 1. The molecule has 0 aromatic rings. The van der Waals surface area contributed by atoms with Crippen molar-refractivity contribution in [1.82, 2.24) is 9.80 Å². The normalized spacial score (nSPS) is 9.92. The molecule has 0 bridgehead atoms. The highest BCUT2D eigenvalue weighted by Crippen LogP contribution is 1.94. The van der Waals surface area contributed by atoms with Gasteiger partial charge in [-0.3, -0.25) is 29.0 Å². The molecule has 13 heteroatoms. The smallest absolute Gasteiger partial charge is 0.402 e. The van der Waals surface area contributed by atoms with Gasteiger partial charge in [-0.25, -0.2) is 4.79 Å². The zero-order valence-corrected chi connectivity index (χ0v) is 12.5. The van der Waals surface area contributed by atoms with Gasteiger partial charge in [-0.1, -0.05) is 0 Å². The van der Waals surface area contributed by atoms with Crippen LogP contribution in [0.2, 0.25) is 0 Å². The Morgan fingerprint density at radius 2 is 0.750 bits per heavy atom. The summed E-state index contributed by atoms with van der Waals surface area (Å²) in [4.78, 5) is 53.1. The minimum atomic E-state index is -1.33. The topological polar surface area (TPSA) is 219 Å². The van der Waals surface area contributed by atoms with Crippen LogP contribution in [-0.2, 0) is 19.2 Å². The van der Waals surface area contributed by atoms with Crippen LogP contribution in [0.15, 0.2) is 0 Å². The van der Waals surface area contributed by atoms with Gasteiger partial charge in [0, 0.05) is 13.1 Å². The van der Waals surface area contributed by atoms with Crippen LogP contribution in [0.1, 0.15) is 0 Å². The molecule has 0 aliphatic rings. The Bertz CT molecular complexity index is 395. The third-order valence-corrected chi connectivity index (χ3v) is 2.17. The van der Waals surface area contributed by atoms with Gasteiger partial charge in [-0.2, -0.15) is 0 Å². The lowest BCUT2D eigenvalue weighted by Gasteiger charge is -2.23. The Morgan fingerprint density at radius 1 is 0.583 bits per heavy atom. The van der Waals surface area contributed by atoms with Crippen molar-refractivity contribution in [3.05, 3.63) is 0 Å². The van der Waals surface area contributed by atoms with Crippen molar-refractivity contribution in [2.75, 3.05) is 39.3 Å². The minimum Gasteiger partial charge on any atom is -0.480 e. The van der Waals surface area contributed by atoms with Crippen LogP contribution in [0.3, 0.4) is 0 Å². The fourth-order valence-corrected chi connectivity index (χ4v) is 1.48. The molecule has 0 radical (unpaired) electrons. The second-order valence-corrected chi connectivity index (χ2v) is 4.33. The third kappa shape index (κ3) is 19.1. The van der Waals surface area contributed by atoms with E-state index >= 15 is 0 Å². The van der Waals surface area contributed by atoms with Gasteiger partial charge < -0.3 is 31.3 Å². The largest absolute Gasteiger partial charge is 0.480 e. The van der Waals surface area contributed by atoms with E-state index in [4.69, 9.17) is 30.3 Å². The molecule has 0 fully saturated rings. The van der Waals surface area contributed by atoms with Crippen LogP contribution >= 0.6 is 0 Å². The monoisotopic (exact) mass is 353 g/mol. The van der Waals surface area contributed by atoms with E-state index < -0.39 is 56.1 Å². The first kappa shape index (κ1) is 23.3. The molecule has 0 rings (SSSR count). The van der Waals surface area contributed by atoms with E-state index in [0.717, 1.165) is 9.80 Å². The van der Waals surface area contributed by atoms with Gasteiger partial charge in [0.2, 0.25) is 0 Å². The van der Waals surface area contributed by atoms with E-state index in [1.165, 1.54) is 0 Å². The molecule has 0 unspecified atom stereocenters. The number of aliphatic carboxylic acids is 4. The number of hydrogen-bond donors (Lipinski definition) is 6. The highest BCUT2D eigenvalue weighted by Gasteiger charge is 2.17. The summed E-state index contributed by atoms with van der Waals surface area (Å²) >= 11 is 0. The van der Waals surface area contributed by atoms with E-state index in [-0.39, 0.29) is 13.1 Å². The van der Waals surface area contributed by atoms with E-state index in [1.54, 1.807) is 0 Å². The van der Waals surface area contributed by atoms with Gasteiger partial charge in [-0.05, 0) is 0 Å². The van der Waals surface area contributed by atoms with E-state index in [0.29, 0.717) is 0 Å². The zero-order valence-electron chi connectivity index (χ0n) is 12.5. The quantitative estimate of drug-likeness (QED) is 0.228. The molecule has 0 aliphatic carbocycles. The summed E-state index contributed by atoms with van der Waals surface area (Å²) in [5, 5.41) is 41.7. The number of nitrogens with zero attached hydrogens (tertiary/aromatic N) is 2. The lowest BCUT2D eigenvalue weighted by Crippen LogP contribution is -2.43. The van der Waals surface area contributed by atoms with Crippen molar-refractivity contribution in [3.8, 4) is 0 Å². The Balaban J connectivity index is 0. The number of carboxylic acid groups (broad SMARTS) is 5. The lowest BCUT2D eigenvalue weighted by atomic mass is 10.4. The van der Waals surface area contributed by atoms with Crippen LogP contribution < -0.4 is 5.73 Å². The fourth-order valence-electron chi connectivity index (χ4n) is 1.48. The molecule has 0 saturated heterocycles. The molecule has 0 aromatic heterocycles. The Morgan fingerprint density at radius 3 is 0.875 bits per heavy atom. The molecule has 24 heavy (non-hydrogen) atoms. The maximum atomic E-state index is 10.6. The van der Waals surface area contributed by atoms with Crippen molar-refractivity contribution in [2.24, 2.45) is 5.73 Å². The van der Waals surface area contributed by atoms with Gasteiger partial charge >= 0.3 is 30.0 Å². The summed E-state index contributed by atoms with van der Waals surface area (Å²) in [7, 11) is 0. The molecular formula is C11H19N3O10. The predicted octanol–water partition coefficient (Wildman–Crippen LogP) is -2.45. The molecule has 0 aromatic carbocycles. The van der Waals surface area contributed by atoms with Gasteiger partial charge in [0.1, 0.15) is 0 Å². The van der Waals surface area contributed by atoms with Gasteiger partial charge in [0.05, 0.1) is 26.2 Å². The second-order valence-electron chi connectivity index (χ2n) is 4.33.